The molecule has 3 heterocycles. The van der Waals surface area contributed by atoms with Crippen LogP contribution in [-0.4, -0.2) is 35.9 Å². The van der Waals surface area contributed by atoms with Crippen molar-refractivity contribution in [2.45, 2.75) is 12.5 Å². The van der Waals surface area contributed by atoms with Crippen LogP contribution in [0.15, 0.2) is 78.0 Å². The zero-order valence-corrected chi connectivity index (χ0v) is 19.6. The summed E-state index contributed by atoms with van der Waals surface area (Å²) < 4.78 is 0. The minimum Gasteiger partial charge on any atom is -0.507 e. The number of aromatic nitrogens is 5. The van der Waals surface area contributed by atoms with E-state index in [-0.39, 0.29) is 16.8 Å². The molecule has 3 aromatic heterocycles. The largest absolute Gasteiger partial charge is 0.507 e. The molecule has 0 radical (unpaired) electrons. The average molecular weight is 501 g/mol. The summed E-state index contributed by atoms with van der Waals surface area (Å²) in [6, 6.07) is 15.5. The first-order chi connectivity index (χ1) is 17.5. The summed E-state index contributed by atoms with van der Waals surface area (Å²) in [7, 11) is 0. The van der Waals surface area contributed by atoms with Crippen LogP contribution in [0.2, 0.25) is 5.15 Å². The predicted octanol–water partition coefficient (Wildman–Crippen LogP) is 4.11. The van der Waals surface area contributed by atoms with Gasteiger partial charge in [-0.05, 0) is 30.2 Å². The molecule has 10 heteroatoms. The number of pyridine rings is 1. The lowest BCUT2D eigenvalue weighted by Crippen LogP contribution is -2.29. The first-order valence-corrected chi connectivity index (χ1v) is 11.5. The number of aromatic amines is 3. The van der Waals surface area contributed by atoms with Gasteiger partial charge in [-0.15, -0.1) is 0 Å². The summed E-state index contributed by atoms with van der Waals surface area (Å²) in [5.41, 5.74) is 2.84. The molecule has 36 heavy (non-hydrogen) atoms. The molecule has 1 amide bonds. The van der Waals surface area contributed by atoms with Crippen LogP contribution >= 0.6 is 11.6 Å². The first-order valence-electron chi connectivity index (χ1n) is 11.1. The molecule has 1 atom stereocenters. The van der Waals surface area contributed by atoms with Gasteiger partial charge in [0.25, 0.3) is 5.56 Å². The highest BCUT2D eigenvalue weighted by Crippen LogP contribution is 2.32. The van der Waals surface area contributed by atoms with Crippen molar-refractivity contribution >= 4 is 34.5 Å². The monoisotopic (exact) mass is 500 g/mol. The minimum absolute atomic E-state index is 0.139. The Labute approximate surface area is 209 Å². The quantitative estimate of drug-likeness (QED) is 0.214. The first kappa shape index (κ1) is 23.1. The van der Waals surface area contributed by atoms with Crippen molar-refractivity contribution in [3.05, 3.63) is 106 Å². The standard InChI is InChI=1S/C26H21ClN6O3/c27-25-24(16-6-8-19-18(11-16)21(34)12-23(36)30-19)32-26(33-25)20(10-15-4-2-1-3-5-15)31-22(35)9-7-17-13-28-14-29-17/h1-9,11-14,20H,10H2,(H,28,29)(H,31,35)(H,32,33)(H2,30,34,36)/b9-7+/t20-/m0/s1. The molecular formula is C26H21ClN6O3. The van der Waals surface area contributed by atoms with Gasteiger partial charge < -0.3 is 25.4 Å². The number of hydrogen-bond acceptors (Lipinski definition) is 5. The molecule has 0 spiro atoms. The maximum absolute atomic E-state index is 12.7. The van der Waals surface area contributed by atoms with Crippen LogP contribution < -0.4 is 10.9 Å². The number of aromatic hydroxyl groups is 1. The van der Waals surface area contributed by atoms with Crippen molar-refractivity contribution in [3.8, 4) is 17.0 Å². The van der Waals surface area contributed by atoms with Crippen LogP contribution in [0.5, 0.6) is 5.75 Å². The van der Waals surface area contributed by atoms with Gasteiger partial charge in [0.2, 0.25) is 5.91 Å². The second-order valence-electron chi connectivity index (χ2n) is 8.14. The van der Waals surface area contributed by atoms with E-state index in [2.05, 4.69) is 25.3 Å². The Bertz CT molecular complexity index is 1610. The number of amides is 1. The van der Waals surface area contributed by atoms with Crippen LogP contribution in [0.4, 0.5) is 0 Å². The van der Waals surface area contributed by atoms with Crippen LogP contribution in [0, 0.1) is 0 Å². The highest BCUT2D eigenvalue weighted by molar-refractivity contribution is 6.32. The SMILES string of the molecule is O=C(/C=C/c1c[nH]cn1)N[C@@H](Cc1ccccc1)c1nc(-c2ccc3[nH]c(=O)cc(O)c3c2)c(Cl)[nH]1. The zero-order valence-electron chi connectivity index (χ0n) is 18.8. The van der Waals surface area contributed by atoms with Gasteiger partial charge in [0.1, 0.15) is 22.4 Å². The number of rotatable bonds is 7. The van der Waals surface area contributed by atoms with Crippen LogP contribution in [0.25, 0.3) is 28.2 Å². The number of nitrogens with one attached hydrogen (secondary N) is 4. The van der Waals surface area contributed by atoms with E-state index in [1.165, 1.54) is 12.4 Å². The third-order valence-corrected chi connectivity index (χ3v) is 5.90. The maximum atomic E-state index is 12.7. The van der Waals surface area contributed by atoms with Gasteiger partial charge in [-0.2, -0.15) is 0 Å². The second kappa shape index (κ2) is 9.93. The van der Waals surface area contributed by atoms with Crippen molar-refractivity contribution in [2.75, 3.05) is 0 Å². The summed E-state index contributed by atoms with van der Waals surface area (Å²) in [4.78, 5) is 41.7. The normalized spacial score (nSPS) is 12.2. The number of carbonyl (C=O) groups is 1. The second-order valence-corrected chi connectivity index (χ2v) is 8.52. The Morgan fingerprint density at radius 3 is 2.75 bits per heavy atom. The number of hydrogen-bond donors (Lipinski definition) is 5. The number of carbonyl (C=O) groups excluding carboxylic acids is 1. The Kier molecular flexibility index (Phi) is 6.38. The van der Waals surface area contributed by atoms with Crippen LogP contribution in [0.1, 0.15) is 23.1 Å². The highest BCUT2D eigenvalue weighted by Gasteiger charge is 2.21. The smallest absolute Gasteiger partial charge is 0.252 e. The third kappa shape index (κ3) is 5.06. The molecule has 0 saturated heterocycles. The molecule has 0 aliphatic carbocycles. The van der Waals surface area contributed by atoms with E-state index in [4.69, 9.17) is 16.6 Å². The predicted molar refractivity (Wildman–Crippen MR) is 137 cm³/mol. The molecule has 0 bridgehead atoms. The number of benzene rings is 2. The van der Waals surface area contributed by atoms with Gasteiger partial charge in [0.05, 0.1) is 23.6 Å². The molecule has 180 valence electrons. The molecule has 0 aliphatic heterocycles. The van der Waals surface area contributed by atoms with Crippen molar-refractivity contribution in [1.29, 1.82) is 0 Å². The molecule has 5 rings (SSSR count). The van der Waals surface area contributed by atoms with Crippen molar-refractivity contribution < 1.29 is 9.90 Å². The van der Waals surface area contributed by atoms with Crippen LogP contribution in [-0.2, 0) is 11.2 Å². The Morgan fingerprint density at radius 1 is 1.14 bits per heavy atom. The van der Waals surface area contributed by atoms with E-state index in [9.17, 15) is 14.7 Å². The number of fused-ring (bicyclic) bond motifs is 1. The fraction of sp³-hybridized carbons (Fsp3) is 0.0769. The van der Waals surface area contributed by atoms with E-state index in [1.54, 1.807) is 30.5 Å². The lowest BCUT2D eigenvalue weighted by molar-refractivity contribution is -0.117. The van der Waals surface area contributed by atoms with Crippen molar-refractivity contribution in [3.63, 3.8) is 0 Å². The number of nitrogens with zero attached hydrogens (tertiary/aromatic N) is 2. The summed E-state index contributed by atoms with van der Waals surface area (Å²) in [6.45, 7) is 0. The molecule has 0 fully saturated rings. The van der Waals surface area contributed by atoms with E-state index in [1.807, 2.05) is 30.3 Å². The van der Waals surface area contributed by atoms with E-state index >= 15 is 0 Å². The van der Waals surface area contributed by atoms with Gasteiger partial charge in [-0.1, -0.05) is 48.0 Å². The average Bonchev–Trinajstić information content (AvgIpc) is 3.53. The van der Waals surface area contributed by atoms with Gasteiger partial charge in [-0.3, -0.25) is 9.59 Å². The van der Waals surface area contributed by atoms with Crippen molar-refractivity contribution in [2.24, 2.45) is 0 Å². The molecule has 5 aromatic rings. The maximum Gasteiger partial charge on any atom is 0.252 e. The Balaban J connectivity index is 1.47. The fourth-order valence-electron chi connectivity index (χ4n) is 3.92. The van der Waals surface area contributed by atoms with Gasteiger partial charge in [0, 0.05) is 29.3 Å². The lowest BCUT2D eigenvalue weighted by Gasteiger charge is -2.16. The molecular weight excluding hydrogens is 480 g/mol. The molecule has 5 N–H and O–H groups in total. The number of halogens is 1. The molecule has 0 aliphatic rings. The molecule has 0 unspecified atom stereocenters. The van der Waals surface area contributed by atoms with E-state index in [0.717, 1.165) is 11.6 Å². The van der Waals surface area contributed by atoms with Crippen molar-refractivity contribution in [1.82, 2.24) is 30.2 Å². The lowest BCUT2D eigenvalue weighted by atomic mass is 10.1. The van der Waals surface area contributed by atoms with Gasteiger partial charge in [-0.25, -0.2) is 9.97 Å². The zero-order chi connectivity index (χ0) is 25.1. The number of imidazole rings is 2. The number of H-pyrrole nitrogens is 3. The molecule has 2 aromatic carbocycles. The third-order valence-electron chi connectivity index (χ3n) is 5.63. The van der Waals surface area contributed by atoms with E-state index in [0.29, 0.717) is 40.1 Å². The Morgan fingerprint density at radius 2 is 1.97 bits per heavy atom. The summed E-state index contributed by atoms with van der Waals surface area (Å²) in [5.74, 6) is 0.0270. The van der Waals surface area contributed by atoms with Crippen LogP contribution in [0.3, 0.4) is 0 Å². The molecule has 9 nitrogen and oxygen atoms in total. The van der Waals surface area contributed by atoms with Gasteiger partial charge in [0.15, 0.2) is 0 Å². The minimum atomic E-state index is -0.500. The fourth-order valence-corrected chi connectivity index (χ4v) is 4.17. The summed E-state index contributed by atoms with van der Waals surface area (Å²) in [5, 5.41) is 14.0. The topological polar surface area (TPSA) is 140 Å². The highest BCUT2D eigenvalue weighted by atomic mass is 35.5. The Hall–Kier alpha value is -4.63. The summed E-state index contributed by atoms with van der Waals surface area (Å²) in [6.07, 6.45) is 6.71. The molecule has 0 saturated carbocycles. The van der Waals surface area contributed by atoms with Gasteiger partial charge >= 0.3 is 0 Å². The summed E-state index contributed by atoms with van der Waals surface area (Å²) >= 11 is 6.53. The van der Waals surface area contributed by atoms with E-state index < -0.39 is 11.6 Å².